The third kappa shape index (κ3) is 5.13. The number of nitro groups is 1. The molecule has 0 aliphatic heterocycles. The topological polar surface area (TPSA) is 93.8 Å². The van der Waals surface area contributed by atoms with Crippen molar-refractivity contribution in [1.29, 1.82) is 0 Å². The summed E-state index contributed by atoms with van der Waals surface area (Å²) in [6.07, 6.45) is 0.609. The fourth-order valence-corrected chi connectivity index (χ4v) is 2.02. The van der Waals surface area contributed by atoms with Crippen molar-refractivity contribution in [2.45, 2.75) is 26.9 Å². The average Bonchev–Trinajstić information content (AvgIpc) is 2.58. The molecule has 2 rings (SSSR count). The Bertz CT molecular complexity index is 818. The lowest BCUT2D eigenvalue weighted by molar-refractivity contribution is -0.384. The Kier molecular flexibility index (Phi) is 5.84. The highest BCUT2D eigenvalue weighted by Crippen LogP contribution is 2.17. The van der Waals surface area contributed by atoms with E-state index in [0.29, 0.717) is 11.3 Å². The summed E-state index contributed by atoms with van der Waals surface area (Å²) in [6, 6.07) is 11.5. The van der Waals surface area contributed by atoms with Gasteiger partial charge in [-0.25, -0.2) is 5.43 Å². The summed E-state index contributed by atoms with van der Waals surface area (Å²) in [5, 5.41) is 14.5. The molecule has 0 aromatic heterocycles. The molecule has 0 radical (unpaired) electrons. The van der Waals surface area contributed by atoms with Crippen LogP contribution < -0.4 is 10.2 Å². The van der Waals surface area contributed by atoms with Crippen LogP contribution in [-0.2, 0) is 4.79 Å². The van der Waals surface area contributed by atoms with Gasteiger partial charge in [-0.1, -0.05) is 18.2 Å². The molecule has 130 valence electrons. The normalized spacial score (nSPS) is 12.0. The van der Waals surface area contributed by atoms with Gasteiger partial charge in [0.05, 0.1) is 11.1 Å². The number of amides is 1. The van der Waals surface area contributed by atoms with Crippen molar-refractivity contribution in [1.82, 2.24) is 5.43 Å². The van der Waals surface area contributed by atoms with E-state index in [4.69, 9.17) is 4.74 Å². The number of carbonyl (C=O) groups excluding carboxylic acids is 1. The molecule has 2 aromatic rings. The first-order valence-corrected chi connectivity index (χ1v) is 7.68. The predicted octanol–water partition coefficient (Wildman–Crippen LogP) is 3.13. The van der Waals surface area contributed by atoms with Crippen LogP contribution in [0.1, 0.15) is 23.6 Å². The van der Waals surface area contributed by atoms with Gasteiger partial charge < -0.3 is 4.74 Å². The van der Waals surface area contributed by atoms with Gasteiger partial charge in [0, 0.05) is 17.7 Å². The van der Waals surface area contributed by atoms with Crippen molar-refractivity contribution in [3.63, 3.8) is 0 Å². The fourth-order valence-electron chi connectivity index (χ4n) is 2.02. The second-order valence-corrected chi connectivity index (χ2v) is 5.59. The van der Waals surface area contributed by atoms with Gasteiger partial charge in [-0.05, 0) is 44.0 Å². The minimum absolute atomic E-state index is 0.0401. The highest BCUT2D eigenvalue weighted by atomic mass is 16.6. The van der Waals surface area contributed by atoms with Gasteiger partial charge in [0.15, 0.2) is 6.10 Å². The summed E-state index contributed by atoms with van der Waals surface area (Å²) in [5.74, 6) is 0.188. The van der Waals surface area contributed by atoms with Gasteiger partial charge in [-0.2, -0.15) is 5.10 Å². The Labute approximate surface area is 145 Å². The maximum atomic E-state index is 12.0. The molecule has 0 saturated carbocycles. The van der Waals surface area contributed by atoms with E-state index in [1.165, 1.54) is 18.3 Å². The summed E-state index contributed by atoms with van der Waals surface area (Å²) in [7, 11) is 0. The van der Waals surface area contributed by atoms with Gasteiger partial charge in [-0.3, -0.25) is 14.9 Å². The SMILES string of the molecule is Cc1ccc(OC(C)C(=O)N/N=C/c2cccc([N+](=O)[O-])c2)cc1C. The highest BCUT2D eigenvalue weighted by Gasteiger charge is 2.14. The number of nitro benzene ring substituents is 1. The number of non-ortho nitro benzene ring substituents is 1. The molecule has 1 amide bonds. The molecule has 0 spiro atoms. The van der Waals surface area contributed by atoms with Crippen LogP contribution in [0.15, 0.2) is 47.6 Å². The van der Waals surface area contributed by atoms with E-state index in [2.05, 4.69) is 10.5 Å². The number of benzene rings is 2. The molecule has 0 aliphatic rings. The van der Waals surface area contributed by atoms with E-state index in [1.807, 2.05) is 26.0 Å². The number of nitrogens with one attached hydrogen (secondary N) is 1. The summed E-state index contributed by atoms with van der Waals surface area (Å²) in [6.45, 7) is 5.58. The van der Waals surface area contributed by atoms with Crippen LogP contribution in [0.3, 0.4) is 0 Å². The quantitative estimate of drug-likeness (QED) is 0.496. The Hall–Kier alpha value is -3.22. The third-order valence-electron chi connectivity index (χ3n) is 3.63. The molecule has 1 unspecified atom stereocenters. The molecule has 0 aliphatic carbocycles. The van der Waals surface area contributed by atoms with Crippen molar-refractivity contribution in [2.75, 3.05) is 0 Å². The van der Waals surface area contributed by atoms with Crippen molar-refractivity contribution >= 4 is 17.8 Å². The first-order chi connectivity index (χ1) is 11.9. The van der Waals surface area contributed by atoms with Crippen LogP contribution in [0.25, 0.3) is 0 Å². The van der Waals surface area contributed by atoms with Gasteiger partial charge in [0.2, 0.25) is 0 Å². The number of ether oxygens (including phenoxy) is 1. The van der Waals surface area contributed by atoms with E-state index < -0.39 is 16.9 Å². The first-order valence-electron chi connectivity index (χ1n) is 7.68. The number of hydrogen-bond donors (Lipinski definition) is 1. The number of rotatable bonds is 6. The molecule has 0 heterocycles. The van der Waals surface area contributed by atoms with Gasteiger partial charge in [0.25, 0.3) is 11.6 Å². The molecule has 0 bridgehead atoms. The Morgan fingerprint density at radius 3 is 2.68 bits per heavy atom. The second-order valence-electron chi connectivity index (χ2n) is 5.59. The smallest absolute Gasteiger partial charge is 0.280 e. The maximum absolute atomic E-state index is 12.0. The fraction of sp³-hybridized carbons (Fsp3) is 0.222. The Morgan fingerprint density at radius 2 is 2.00 bits per heavy atom. The lowest BCUT2D eigenvalue weighted by Gasteiger charge is -2.14. The molecule has 25 heavy (non-hydrogen) atoms. The van der Waals surface area contributed by atoms with Gasteiger partial charge in [-0.15, -0.1) is 0 Å². The zero-order chi connectivity index (χ0) is 18.4. The molecule has 0 fully saturated rings. The summed E-state index contributed by atoms with van der Waals surface area (Å²) in [4.78, 5) is 22.2. The van der Waals surface area contributed by atoms with Crippen molar-refractivity contribution in [3.05, 3.63) is 69.3 Å². The van der Waals surface area contributed by atoms with E-state index in [0.717, 1.165) is 11.1 Å². The molecule has 2 aromatic carbocycles. The van der Waals surface area contributed by atoms with E-state index >= 15 is 0 Å². The molecule has 0 saturated heterocycles. The Morgan fingerprint density at radius 1 is 1.24 bits per heavy atom. The van der Waals surface area contributed by atoms with Crippen LogP contribution in [0.5, 0.6) is 5.75 Å². The highest BCUT2D eigenvalue weighted by molar-refractivity contribution is 5.84. The van der Waals surface area contributed by atoms with Crippen LogP contribution in [0.4, 0.5) is 5.69 Å². The first kappa shape index (κ1) is 18.1. The summed E-state index contributed by atoms with van der Waals surface area (Å²) >= 11 is 0. The van der Waals surface area contributed by atoms with E-state index in [9.17, 15) is 14.9 Å². The second kappa shape index (κ2) is 8.05. The predicted molar refractivity (Wildman–Crippen MR) is 94.8 cm³/mol. The van der Waals surface area contributed by atoms with Crippen molar-refractivity contribution in [2.24, 2.45) is 5.10 Å². The largest absolute Gasteiger partial charge is 0.481 e. The zero-order valence-electron chi connectivity index (χ0n) is 14.2. The van der Waals surface area contributed by atoms with Crippen molar-refractivity contribution < 1.29 is 14.5 Å². The lowest BCUT2D eigenvalue weighted by atomic mass is 10.1. The number of hydrogen-bond acceptors (Lipinski definition) is 5. The van der Waals surface area contributed by atoms with Gasteiger partial charge >= 0.3 is 0 Å². The molecule has 1 N–H and O–H groups in total. The number of nitrogens with zero attached hydrogens (tertiary/aromatic N) is 2. The molecule has 7 nitrogen and oxygen atoms in total. The van der Waals surface area contributed by atoms with Crippen molar-refractivity contribution in [3.8, 4) is 5.75 Å². The lowest BCUT2D eigenvalue weighted by Crippen LogP contribution is -2.33. The maximum Gasteiger partial charge on any atom is 0.280 e. The molecule has 7 heteroatoms. The Balaban J connectivity index is 1.93. The minimum Gasteiger partial charge on any atom is -0.481 e. The number of carbonyl (C=O) groups is 1. The monoisotopic (exact) mass is 341 g/mol. The standard InChI is InChI=1S/C18H19N3O4/c1-12-7-8-17(9-13(12)2)25-14(3)18(22)20-19-11-15-5-4-6-16(10-15)21(23)24/h4-11,14H,1-3H3,(H,20,22)/b19-11+. The van der Waals surface area contributed by atoms with Gasteiger partial charge in [0.1, 0.15) is 5.75 Å². The van der Waals surface area contributed by atoms with Crippen LogP contribution in [0, 0.1) is 24.0 Å². The summed E-state index contributed by atoms with van der Waals surface area (Å²) in [5.41, 5.74) is 5.05. The zero-order valence-corrected chi connectivity index (χ0v) is 14.2. The van der Waals surface area contributed by atoms with E-state index in [-0.39, 0.29) is 5.69 Å². The molecular weight excluding hydrogens is 322 g/mol. The van der Waals surface area contributed by atoms with E-state index in [1.54, 1.807) is 25.1 Å². The molecular formula is C18H19N3O4. The summed E-state index contributed by atoms with van der Waals surface area (Å²) < 4.78 is 5.59. The van der Waals surface area contributed by atoms with Crippen LogP contribution in [0.2, 0.25) is 0 Å². The number of hydrazone groups is 1. The molecule has 1 atom stereocenters. The third-order valence-corrected chi connectivity index (χ3v) is 3.63. The van der Waals surface area contributed by atoms with Crippen LogP contribution in [-0.4, -0.2) is 23.1 Å². The average molecular weight is 341 g/mol. The van der Waals surface area contributed by atoms with Crippen LogP contribution >= 0.6 is 0 Å². The minimum atomic E-state index is -0.732. The number of aryl methyl sites for hydroxylation is 2.